The summed E-state index contributed by atoms with van der Waals surface area (Å²) in [5.74, 6) is 0.281. The number of likely N-dealkylation sites (tertiary alicyclic amines) is 1. The van der Waals surface area contributed by atoms with Crippen LogP contribution in [0.5, 0.6) is 0 Å². The van der Waals surface area contributed by atoms with Crippen LogP contribution in [0.15, 0.2) is 24.3 Å². The predicted molar refractivity (Wildman–Crippen MR) is 81.8 cm³/mol. The Balaban J connectivity index is 1.49. The van der Waals surface area contributed by atoms with Gasteiger partial charge in [-0.2, -0.15) is 0 Å². The van der Waals surface area contributed by atoms with Crippen LogP contribution in [0.1, 0.15) is 36.0 Å². The zero-order valence-electron chi connectivity index (χ0n) is 12.3. The average Bonchev–Trinajstić information content (AvgIpc) is 3.32. The number of hydrogen-bond donors (Lipinski definition) is 1. The summed E-state index contributed by atoms with van der Waals surface area (Å²) < 4.78 is 5.33. The van der Waals surface area contributed by atoms with Crippen LogP contribution in [0, 0.1) is 0 Å². The quantitative estimate of drug-likeness (QED) is 0.847. The van der Waals surface area contributed by atoms with Gasteiger partial charge in [-0.1, -0.05) is 12.1 Å². The Labute approximate surface area is 125 Å². The van der Waals surface area contributed by atoms with E-state index in [1.807, 2.05) is 24.3 Å². The second-order valence-electron chi connectivity index (χ2n) is 6.63. The van der Waals surface area contributed by atoms with E-state index in [9.17, 15) is 4.79 Å². The molecule has 3 heterocycles. The zero-order chi connectivity index (χ0) is 14.3. The number of nitrogens with one attached hydrogen (secondary N) is 1. The average molecular weight is 286 g/mol. The molecule has 2 fully saturated rings. The third-order valence-electron chi connectivity index (χ3n) is 5.14. The number of carbonyl (C=O) groups is 1. The normalized spacial score (nSPS) is 27.8. The molecule has 0 bridgehead atoms. The van der Waals surface area contributed by atoms with Gasteiger partial charge in [0, 0.05) is 42.8 Å². The fraction of sp³-hybridized carbons (Fsp3) is 0.588. The Morgan fingerprint density at radius 3 is 2.76 bits per heavy atom. The minimum Gasteiger partial charge on any atom is -0.379 e. The number of hydrogen-bond acceptors (Lipinski definition) is 4. The number of benzene rings is 1. The molecule has 0 radical (unpaired) electrons. The van der Waals surface area contributed by atoms with Gasteiger partial charge in [-0.15, -0.1) is 0 Å². The van der Waals surface area contributed by atoms with Crippen molar-refractivity contribution in [1.29, 1.82) is 0 Å². The summed E-state index contributed by atoms with van der Waals surface area (Å²) in [7, 11) is 0. The van der Waals surface area contributed by atoms with E-state index in [-0.39, 0.29) is 11.3 Å². The number of ether oxygens (including phenoxy) is 1. The van der Waals surface area contributed by atoms with Gasteiger partial charge in [0.05, 0.1) is 12.7 Å². The largest absolute Gasteiger partial charge is 0.379 e. The number of piperidine rings is 1. The Kier molecular flexibility index (Phi) is 3.23. The molecule has 3 aliphatic heterocycles. The molecule has 1 atom stereocenters. The highest BCUT2D eigenvalue weighted by molar-refractivity contribution is 6.02. The standard InChI is InChI=1S/C17H22N2O2/c20-16-5-6-17(18-15-4-2-1-3-14(15)16)7-9-19(10-8-17)11-13-12-21-13/h1-4,13,18H,5-12H2. The van der Waals surface area contributed by atoms with Crippen molar-refractivity contribution >= 4 is 11.5 Å². The molecule has 1 aromatic carbocycles. The molecule has 4 rings (SSSR count). The van der Waals surface area contributed by atoms with Crippen LogP contribution in [0.4, 0.5) is 5.69 Å². The summed E-state index contributed by atoms with van der Waals surface area (Å²) in [5, 5.41) is 3.72. The number of nitrogens with zero attached hydrogens (tertiary/aromatic N) is 1. The molecule has 3 aliphatic rings. The summed E-state index contributed by atoms with van der Waals surface area (Å²) in [6.45, 7) is 4.21. The van der Waals surface area contributed by atoms with Gasteiger partial charge in [0.1, 0.15) is 0 Å². The number of Topliss-reactive ketones (excluding diaryl/α,β-unsaturated/α-hetero) is 1. The molecule has 1 spiro atoms. The molecule has 4 nitrogen and oxygen atoms in total. The number of ketones is 1. The van der Waals surface area contributed by atoms with Crippen LogP contribution < -0.4 is 5.32 Å². The van der Waals surface area contributed by atoms with Crippen molar-refractivity contribution < 1.29 is 9.53 Å². The summed E-state index contributed by atoms with van der Waals surface area (Å²) in [6.07, 6.45) is 4.32. The van der Waals surface area contributed by atoms with Gasteiger partial charge in [-0.05, 0) is 31.4 Å². The predicted octanol–water partition coefficient (Wildman–Crippen LogP) is 2.31. The topological polar surface area (TPSA) is 44.9 Å². The first kappa shape index (κ1) is 13.3. The van der Waals surface area contributed by atoms with Crippen LogP contribution in [0.2, 0.25) is 0 Å². The minimum absolute atomic E-state index is 0.100. The molecule has 2 saturated heterocycles. The highest BCUT2D eigenvalue weighted by Crippen LogP contribution is 2.36. The fourth-order valence-corrected chi connectivity index (χ4v) is 3.67. The molecule has 4 heteroatoms. The first-order valence-corrected chi connectivity index (χ1v) is 7.99. The van der Waals surface area contributed by atoms with E-state index in [4.69, 9.17) is 4.74 Å². The van der Waals surface area contributed by atoms with Crippen LogP contribution in [-0.2, 0) is 4.74 Å². The van der Waals surface area contributed by atoms with Crippen molar-refractivity contribution in [2.24, 2.45) is 0 Å². The second-order valence-corrected chi connectivity index (χ2v) is 6.63. The van der Waals surface area contributed by atoms with Gasteiger partial charge in [-0.25, -0.2) is 0 Å². The first-order valence-electron chi connectivity index (χ1n) is 7.99. The van der Waals surface area contributed by atoms with Gasteiger partial charge < -0.3 is 15.0 Å². The summed E-state index contributed by atoms with van der Waals surface area (Å²) in [5.41, 5.74) is 1.99. The monoisotopic (exact) mass is 286 g/mol. The summed E-state index contributed by atoms with van der Waals surface area (Å²) in [6, 6.07) is 7.96. The Morgan fingerprint density at radius 1 is 1.24 bits per heavy atom. The van der Waals surface area contributed by atoms with Crippen LogP contribution in [-0.4, -0.2) is 48.6 Å². The molecule has 21 heavy (non-hydrogen) atoms. The molecule has 1 N–H and O–H groups in total. The maximum absolute atomic E-state index is 12.3. The van der Waals surface area contributed by atoms with Crippen LogP contribution in [0.3, 0.4) is 0 Å². The lowest BCUT2D eigenvalue weighted by Gasteiger charge is -2.42. The summed E-state index contributed by atoms with van der Waals surface area (Å²) in [4.78, 5) is 14.8. The maximum atomic E-state index is 12.3. The SMILES string of the molecule is O=C1CCC2(CCN(CC3CO3)CC2)Nc2ccccc21. The second kappa shape index (κ2) is 5.11. The highest BCUT2D eigenvalue weighted by atomic mass is 16.6. The number of anilines is 1. The van der Waals surface area contributed by atoms with E-state index in [1.54, 1.807) is 0 Å². The van der Waals surface area contributed by atoms with Crippen molar-refractivity contribution in [1.82, 2.24) is 4.90 Å². The third-order valence-corrected chi connectivity index (χ3v) is 5.14. The molecule has 0 aromatic heterocycles. The molecule has 0 saturated carbocycles. The molecule has 0 amide bonds. The molecular formula is C17H22N2O2. The molecule has 0 aliphatic carbocycles. The molecular weight excluding hydrogens is 264 g/mol. The van der Waals surface area contributed by atoms with Crippen molar-refractivity contribution in [3.05, 3.63) is 29.8 Å². The van der Waals surface area contributed by atoms with E-state index in [0.717, 1.165) is 56.8 Å². The van der Waals surface area contributed by atoms with Crippen LogP contribution >= 0.6 is 0 Å². The number of carbonyl (C=O) groups excluding carboxylic acids is 1. The summed E-state index contributed by atoms with van der Waals surface area (Å²) >= 11 is 0. The fourth-order valence-electron chi connectivity index (χ4n) is 3.67. The van der Waals surface area contributed by atoms with E-state index < -0.39 is 0 Å². The Hall–Kier alpha value is -1.39. The van der Waals surface area contributed by atoms with E-state index in [1.165, 1.54) is 0 Å². The lowest BCUT2D eigenvalue weighted by Crippen LogP contribution is -2.49. The maximum Gasteiger partial charge on any atom is 0.165 e. The Morgan fingerprint density at radius 2 is 2.00 bits per heavy atom. The van der Waals surface area contributed by atoms with E-state index in [2.05, 4.69) is 10.2 Å². The molecule has 1 aromatic rings. The van der Waals surface area contributed by atoms with Crippen molar-refractivity contribution in [2.45, 2.75) is 37.3 Å². The molecule has 1 unspecified atom stereocenters. The van der Waals surface area contributed by atoms with Crippen molar-refractivity contribution in [3.63, 3.8) is 0 Å². The lowest BCUT2D eigenvalue weighted by molar-refractivity contribution is 0.0964. The zero-order valence-corrected chi connectivity index (χ0v) is 12.3. The lowest BCUT2D eigenvalue weighted by atomic mass is 9.83. The highest BCUT2D eigenvalue weighted by Gasteiger charge is 2.38. The van der Waals surface area contributed by atoms with Gasteiger partial charge >= 0.3 is 0 Å². The van der Waals surface area contributed by atoms with Crippen molar-refractivity contribution in [3.8, 4) is 0 Å². The smallest absolute Gasteiger partial charge is 0.165 e. The van der Waals surface area contributed by atoms with Crippen LogP contribution in [0.25, 0.3) is 0 Å². The van der Waals surface area contributed by atoms with Gasteiger partial charge in [-0.3, -0.25) is 4.79 Å². The van der Waals surface area contributed by atoms with E-state index in [0.29, 0.717) is 12.5 Å². The number of rotatable bonds is 2. The number of para-hydroxylation sites is 1. The first-order chi connectivity index (χ1) is 10.2. The number of fused-ring (bicyclic) bond motifs is 1. The number of epoxide rings is 1. The molecule has 112 valence electrons. The minimum atomic E-state index is 0.100. The third kappa shape index (κ3) is 2.70. The van der Waals surface area contributed by atoms with E-state index >= 15 is 0 Å². The van der Waals surface area contributed by atoms with Gasteiger partial charge in [0.15, 0.2) is 5.78 Å². The van der Waals surface area contributed by atoms with Crippen molar-refractivity contribution in [2.75, 3.05) is 31.6 Å². The Bertz CT molecular complexity index is 545. The van der Waals surface area contributed by atoms with Gasteiger partial charge in [0.25, 0.3) is 0 Å². The van der Waals surface area contributed by atoms with Gasteiger partial charge in [0.2, 0.25) is 0 Å².